The van der Waals surface area contributed by atoms with E-state index < -0.39 is 11.8 Å². The number of hydrogen-bond donors (Lipinski definition) is 1. The van der Waals surface area contributed by atoms with Gasteiger partial charge in [0, 0.05) is 33.8 Å². The molecule has 0 saturated carbocycles. The largest absolute Gasteiger partial charge is 0.493 e. The highest BCUT2D eigenvalue weighted by molar-refractivity contribution is 9.10. The minimum atomic E-state index is -0.702. The lowest BCUT2D eigenvalue weighted by molar-refractivity contribution is -0.151. The van der Waals surface area contributed by atoms with Crippen LogP contribution in [-0.2, 0) is 14.3 Å². The summed E-state index contributed by atoms with van der Waals surface area (Å²) in [6.07, 6.45) is 0.677. The highest BCUT2D eigenvalue weighted by Gasteiger charge is 2.45. The molecule has 2 aliphatic rings. The molecule has 1 N–H and O–H groups in total. The molecular weight excluding hydrogens is 510 g/mol. The number of methoxy groups -OCH3 is 2. The molecular formula is C28H30BrNO5. The van der Waals surface area contributed by atoms with Gasteiger partial charge < -0.3 is 19.5 Å². The second-order valence-electron chi connectivity index (χ2n) is 9.18. The summed E-state index contributed by atoms with van der Waals surface area (Å²) in [5, 5.41) is 3.31. The Kier molecular flexibility index (Phi) is 7.36. The number of esters is 1. The van der Waals surface area contributed by atoms with Crippen molar-refractivity contribution in [1.82, 2.24) is 5.32 Å². The number of halogens is 1. The third-order valence-corrected chi connectivity index (χ3v) is 7.02. The molecule has 3 unspecified atom stereocenters. The van der Waals surface area contributed by atoms with E-state index in [-0.39, 0.29) is 23.8 Å². The van der Waals surface area contributed by atoms with Crippen LogP contribution in [0.3, 0.4) is 0 Å². The zero-order chi connectivity index (χ0) is 25.3. The molecule has 3 atom stereocenters. The Balaban J connectivity index is 1.77. The van der Waals surface area contributed by atoms with Gasteiger partial charge in [-0.25, -0.2) is 0 Å². The van der Waals surface area contributed by atoms with Crippen molar-refractivity contribution >= 4 is 27.7 Å². The van der Waals surface area contributed by atoms with E-state index >= 15 is 0 Å². The van der Waals surface area contributed by atoms with Gasteiger partial charge in [0.2, 0.25) is 0 Å². The average Bonchev–Trinajstić information content (AvgIpc) is 2.82. The van der Waals surface area contributed by atoms with Gasteiger partial charge in [0.1, 0.15) is 5.92 Å². The maximum atomic E-state index is 13.7. The first kappa shape index (κ1) is 25.0. The van der Waals surface area contributed by atoms with Crippen molar-refractivity contribution in [2.75, 3.05) is 14.2 Å². The molecule has 0 saturated heterocycles. The molecule has 2 aromatic rings. The Hall–Kier alpha value is -3.06. The highest BCUT2D eigenvalue weighted by atomic mass is 79.9. The maximum absolute atomic E-state index is 13.7. The van der Waals surface area contributed by atoms with Crippen molar-refractivity contribution in [1.29, 1.82) is 0 Å². The zero-order valence-electron chi connectivity index (χ0n) is 20.4. The lowest BCUT2D eigenvalue weighted by atomic mass is 9.69. The SMILES string of the molecule is C=C1NC2=C(C(=O)CC(c3ccc(OC)c(OC)c3)C2)C(c2cccc(Br)c2)C1C(=O)OC(C)C. The van der Waals surface area contributed by atoms with Gasteiger partial charge in [0.15, 0.2) is 17.3 Å². The van der Waals surface area contributed by atoms with Gasteiger partial charge in [-0.1, -0.05) is 40.7 Å². The van der Waals surface area contributed by atoms with Crippen molar-refractivity contribution in [2.24, 2.45) is 5.92 Å². The Labute approximate surface area is 214 Å². The Morgan fingerprint density at radius 1 is 1.06 bits per heavy atom. The minimum absolute atomic E-state index is 0.0124. The van der Waals surface area contributed by atoms with Gasteiger partial charge in [-0.3, -0.25) is 9.59 Å². The predicted molar refractivity (Wildman–Crippen MR) is 137 cm³/mol. The molecule has 0 spiro atoms. The summed E-state index contributed by atoms with van der Waals surface area (Å²) in [5.41, 5.74) is 3.86. The average molecular weight is 540 g/mol. The van der Waals surface area contributed by atoms with Crippen LogP contribution in [0.5, 0.6) is 11.5 Å². The van der Waals surface area contributed by atoms with Crippen molar-refractivity contribution in [2.45, 2.75) is 44.6 Å². The van der Waals surface area contributed by atoms with Crippen LogP contribution in [0.4, 0.5) is 0 Å². The summed E-state index contributed by atoms with van der Waals surface area (Å²) in [6, 6.07) is 13.5. The van der Waals surface area contributed by atoms with E-state index in [1.165, 1.54) is 0 Å². The molecule has 4 rings (SSSR count). The van der Waals surface area contributed by atoms with Gasteiger partial charge in [-0.2, -0.15) is 0 Å². The van der Waals surface area contributed by atoms with E-state index in [1.807, 2.05) is 56.3 Å². The second-order valence-corrected chi connectivity index (χ2v) is 10.1. The number of Topliss-reactive ketones (excluding diaryl/α,β-unsaturated/α-hetero) is 1. The van der Waals surface area contributed by atoms with Crippen LogP contribution in [0.1, 0.15) is 49.7 Å². The van der Waals surface area contributed by atoms with Gasteiger partial charge in [0.05, 0.1) is 20.3 Å². The maximum Gasteiger partial charge on any atom is 0.316 e. The molecule has 0 aromatic heterocycles. The quantitative estimate of drug-likeness (QED) is 0.479. The fourth-order valence-corrected chi connectivity index (χ4v) is 5.45. The number of ether oxygens (including phenoxy) is 3. The number of benzene rings is 2. The third-order valence-electron chi connectivity index (χ3n) is 6.53. The number of hydrogen-bond acceptors (Lipinski definition) is 6. The van der Waals surface area contributed by atoms with Crippen molar-refractivity contribution < 1.29 is 23.8 Å². The highest BCUT2D eigenvalue weighted by Crippen LogP contribution is 2.48. The molecule has 6 nitrogen and oxygen atoms in total. The molecule has 0 bridgehead atoms. The topological polar surface area (TPSA) is 73.9 Å². The van der Waals surface area contributed by atoms with Crippen LogP contribution >= 0.6 is 15.9 Å². The summed E-state index contributed by atoms with van der Waals surface area (Å²) in [5.74, 6) is -0.315. The van der Waals surface area contributed by atoms with Gasteiger partial charge in [-0.15, -0.1) is 0 Å². The standard InChI is InChI=1S/C28H30BrNO5/c1-15(2)35-28(32)25-16(3)30-21-12-19(17-9-10-23(33-4)24(14-17)34-5)13-22(31)27(21)26(25)18-7-6-8-20(29)11-18/h6-11,14-15,19,25-26,30H,3,12-13H2,1-2,4-5H3. The van der Waals surface area contributed by atoms with Crippen molar-refractivity contribution in [3.05, 3.63) is 81.6 Å². The molecule has 1 aliphatic heterocycles. The molecule has 184 valence electrons. The normalized spacial score (nSPS) is 21.9. The predicted octanol–water partition coefficient (Wildman–Crippen LogP) is 5.64. The van der Waals surface area contributed by atoms with E-state index in [4.69, 9.17) is 14.2 Å². The van der Waals surface area contributed by atoms with Crippen molar-refractivity contribution in [3.63, 3.8) is 0 Å². The third kappa shape index (κ3) is 5.01. The zero-order valence-corrected chi connectivity index (χ0v) is 22.0. The minimum Gasteiger partial charge on any atom is -0.493 e. The summed E-state index contributed by atoms with van der Waals surface area (Å²) in [4.78, 5) is 26.9. The summed E-state index contributed by atoms with van der Waals surface area (Å²) >= 11 is 3.53. The van der Waals surface area contributed by atoms with Crippen LogP contribution in [0.25, 0.3) is 0 Å². The molecule has 0 radical (unpaired) electrons. The smallest absolute Gasteiger partial charge is 0.316 e. The number of nitrogens with one attached hydrogen (secondary N) is 1. The molecule has 1 aliphatic carbocycles. The number of rotatable bonds is 6. The summed E-state index contributed by atoms with van der Waals surface area (Å²) < 4.78 is 17.3. The second kappa shape index (κ2) is 10.3. The van der Waals surface area contributed by atoms with Crippen LogP contribution in [-0.4, -0.2) is 32.1 Å². The van der Waals surface area contributed by atoms with Crippen LogP contribution < -0.4 is 14.8 Å². The summed E-state index contributed by atoms with van der Waals surface area (Å²) in [6.45, 7) is 7.81. The Morgan fingerprint density at radius 2 is 1.80 bits per heavy atom. The van der Waals surface area contributed by atoms with E-state index in [1.54, 1.807) is 14.2 Å². The van der Waals surface area contributed by atoms with Gasteiger partial charge in [-0.05, 0) is 61.6 Å². The number of carbonyl (C=O) groups is 2. The lowest BCUT2D eigenvalue weighted by Gasteiger charge is -2.40. The van der Waals surface area contributed by atoms with E-state index in [2.05, 4.69) is 27.8 Å². The number of carbonyl (C=O) groups excluding carboxylic acids is 2. The first-order valence-corrected chi connectivity index (χ1v) is 12.4. The number of ketones is 1. The fraction of sp³-hybridized carbons (Fsp3) is 0.357. The van der Waals surface area contributed by atoms with E-state index in [0.29, 0.717) is 35.6 Å². The van der Waals surface area contributed by atoms with Gasteiger partial charge in [0.25, 0.3) is 0 Å². The van der Waals surface area contributed by atoms with E-state index in [0.717, 1.165) is 21.3 Å². The molecule has 2 aromatic carbocycles. The van der Waals surface area contributed by atoms with Gasteiger partial charge >= 0.3 is 5.97 Å². The fourth-order valence-electron chi connectivity index (χ4n) is 5.04. The molecule has 7 heteroatoms. The first-order chi connectivity index (χ1) is 16.7. The molecule has 0 fully saturated rings. The number of allylic oxidation sites excluding steroid dienone is 2. The monoisotopic (exact) mass is 539 g/mol. The first-order valence-electron chi connectivity index (χ1n) is 11.6. The van der Waals surface area contributed by atoms with E-state index in [9.17, 15) is 9.59 Å². The Morgan fingerprint density at radius 3 is 2.46 bits per heavy atom. The molecule has 35 heavy (non-hydrogen) atoms. The molecule has 1 heterocycles. The lowest BCUT2D eigenvalue weighted by Crippen LogP contribution is -2.42. The van der Waals surface area contributed by atoms with Crippen LogP contribution in [0, 0.1) is 5.92 Å². The Bertz CT molecular complexity index is 1200. The van der Waals surface area contributed by atoms with Crippen LogP contribution in [0.15, 0.2) is 70.5 Å². The molecule has 0 amide bonds. The summed E-state index contributed by atoms with van der Waals surface area (Å²) in [7, 11) is 3.19. The van der Waals surface area contributed by atoms with Crippen molar-refractivity contribution in [3.8, 4) is 11.5 Å². The van der Waals surface area contributed by atoms with Crippen LogP contribution in [0.2, 0.25) is 0 Å².